The van der Waals surface area contributed by atoms with E-state index in [0.29, 0.717) is 17.2 Å². The van der Waals surface area contributed by atoms with Gasteiger partial charge in [0.2, 0.25) is 6.79 Å². The SMILES string of the molecule is CC[C@H](C)c1ccc(N2C(=O)c3ccccc3N[C@@H]2c2ccc3c(c2)OCO3)cc1. The zero-order chi connectivity index (χ0) is 20.7. The summed E-state index contributed by atoms with van der Waals surface area (Å²) in [5.74, 6) is 1.89. The van der Waals surface area contributed by atoms with E-state index < -0.39 is 0 Å². The number of anilines is 2. The summed E-state index contributed by atoms with van der Waals surface area (Å²) in [7, 11) is 0. The summed E-state index contributed by atoms with van der Waals surface area (Å²) in [6.07, 6.45) is 0.729. The molecule has 0 aromatic heterocycles. The van der Waals surface area contributed by atoms with Crippen LogP contribution in [0.5, 0.6) is 11.5 Å². The molecular formula is C25H24N2O3. The second-order valence-electron chi connectivity index (χ2n) is 7.78. The van der Waals surface area contributed by atoms with E-state index in [-0.39, 0.29) is 18.9 Å². The summed E-state index contributed by atoms with van der Waals surface area (Å²) in [6.45, 7) is 4.62. The van der Waals surface area contributed by atoms with E-state index >= 15 is 0 Å². The lowest BCUT2D eigenvalue weighted by Gasteiger charge is -2.38. The van der Waals surface area contributed by atoms with Crippen molar-refractivity contribution >= 4 is 17.3 Å². The molecule has 0 spiro atoms. The minimum Gasteiger partial charge on any atom is -0.454 e. The molecule has 0 saturated carbocycles. The molecule has 2 aliphatic heterocycles. The lowest BCUT2D eigenvalue weighted by Crippen LogP contribution is -2.43. The van der Waals surface area contributed by atoms with Crippen molar-refractivity contribution < 1.29 is 14.3 Å². The highest BCUT2D eigenvalue weighted by Gasteiger charge is 2.34. The normalized spacial score (nSPS) is 18.0. The van der Waals surface area contributed by atoms with Crippen LogP contribution in [-0.4, -0.2) is 12.7 Å². The molecule has 0 aliphatic carbocycles. The van der Waals surface area contributed by atoms with Gasteiger partial charge in [-0.05, 0) is 59.9 Å². The molecule has 5 nitrogen and oxygen atoms in total. The van der Waals surface area contributed by atoms with Crippen LogP contribution in [-0.2, 0) is 0 Å². The number of hydrogen-bond donors (Lipinski definition) is 1. The summed E-state index contributed by atoms with van der Waals surface area (Å²) in [5, 5.41) is 3.54. The number of carbonyl (C=O) groups excluding carboxylic acids is 1. The molecule has 0 saturated heterocycles. The average molecular weight is 400 g/mol. The smallest absolute Gasteiger partial charge is 0.262 e. The second kappa shape index (κ2) is 7.41. The quantitative estimate of drug-likeness (QED) is 0.610. The fourth-order valence-electron chi connectivity index (χ4n) is 4.04. The fraction of sp³-hybridized carbons (Fsp3) is 0.240. The Labute approximate surface area is 176 Å². The van der Waals surface area contributed by atoms with Crippen LogP contribution in [0.25, 0.3) is 0 Å². The Morgan fingerprint density at radius 2 is 1.80 bits per heavy atom. The van der Waals surface area contributed by atoms with Gasteiger partial charge in [-0.1, -0.05) is 44.2 Å². The fourth-order valence-corrected chi connectivity index (χ4v) is 4.04. The Kier molecular flexibility index (Phi) is 4.58. The molecule has 1 amide bonds. The van der Waals surface area contributed by atoms with Crippen molar-refractivity contribution in [2.45, 2.75) is 32.4 Å². The van der Waals surface area contributed by atoms with Gasteiger partial charge in [0, 0.05) is 11.4 Å². The van der Waals surface area contributed by atoms with Crippen LogP contribution in [0.2, 0.25) is 0 Å². The van der Waals surface area contributed by atoms with Gasteiger partial charge in [-0.25, -0.2) is 0 Å². The highest BCUT2D eigenvalue weighted by atomic mass is 16.7. The predicted molar refractivity (Wildman–Crippen MR) is 117 cm³/mol. The zero-order valence-corrected chi connectivity index (χ0v) is 17.1. The van der Waals surface area contributed by atoms with Crippen LogP contribution >= 0.6 is 0 Å². The molecule has 5 heteroatoms. The number of ether oxygens (including phenoxy) is 2. The number of para-hydroxylation sites is 1. The molecule has 0 radical (unpaired) electrons. The highest BCUT2D eigenvalue weighted by Crippen LogP contribution is 2.40. The van der Waals surface area contributed by atoms with E-state index in [1.807, 2.05) is 59.5 Å². The van der Waals surface area contributed by atoms with Crippen LogP contribution < -0.4 is 19.7 Å². The molecule has 0 fully saturated rings. The molecular weight excluding hydrogens is 376 g/mol. The second-order valence-corrected chi connectivity index (χ2v) is 7.78. The van der Waals surface area contributed by atoms with E-state index in [1.54, 1.807) is 0 Å². The number of amides is 1. The third kappa shape index (κ3) is 3.07. The third-order valence-corrected chi connectivity index (χ3v) is 5.99. The number of benzene rings is 3. The van der Waals surface area contributed by atoms with Gasteiger partial charge in [0.05, 0.1) is 5.56 Å². The minimum absolute atomic E-state index is 0.0247. The van der Waals surface area contributed by atoms with Crippen molar-refractivity contribution in [2.75, 3.05) is 17.0 Å². The number of nitrogens with one attached hydrogen (secondary N) is 1. The van der Waals surface area contributed by atoms with Gasteiger partial charge in [0.25, 0.3) is 5.91 Å². The number of fused-ring (bicyclic) bond motifs is 2. The van der Waals surface area contributed by atoms with Gasteiger partial charge in [-0.2, -0.15) is 0 Å². The molecule has 0 bridgehead atoms. The maximum Gasteiger partial charge on any atom is 0.262 e. The van der Waals surface area contributed by atoms with E-state index in [2.05, 4.69) is 31.3 Å². The Morgan fingerprint density at radius 1 is 1.03 bits per heavy atom. The zero-order valence-electron chi connectivity index (χ0n) is 17.1. The molecule has 2 heterocycles. The summed E-state index contributed by atoms with van der Waals surface area (Å²) < 4.78 is 11.0. The number of nitrogens with zero attached hydrogens (tertiary/aromatic N) is 1. The monoisotopic (exact) mass is 400 g/mol. The van der Waals surface area contributed by atoms with Crippen molar-refractivity contribution in [2.24, 2.45) is 0 Å². The lowest BCUT2D eigenvalue weighted by atomic mass is 9.97. The molecule has 1 N–H and O–H groups in total. The maximum atomic E-state index is 13.5. The highest BCUT2D eigenvalue weighted by molar-refractivity contribution is 6.12. The van der Waals surface area contributed by atoms with Crippen molar-refractivity contribution in [1.29, 1.82) is 0 Å². The Bertz CT molecular complexity index is 1090. The van der Waals surface area contributed by atoms with E-state index in [4.69, 9.17) is 9.47 Å². The van der Waals surface area contributed by atoms with Crippen molar-refractivity contribution in [1.82, 2.24) is 0 Å². The number of carbonyl (C=O) groups is 1. The molecule has 2 atom stereocenters. The topological polar surface area (TPSA) is 50.8 Å². The third-order valence-electron chi connectivity index (χ3n) is 5.99. The summed E-state index contributed by atoms with van der Waals surface area (Å²) in [6, 6.07) is 21.8. The first-order chi connectivity index (χ1) is 14.7. The molecule has 5 rings (SSSR count). The van der Waals surface area contributed by atoms with Crippen LogP contribution in [0, 0.1) is 0 Å². The van der Waals surface area contributed by atoms with Crippen LogP contribution in [0.4, 0.5) is 11.4 Å². The number of rotatable bonds is 4. The molecule has 3 aromatic rings. The number of hydrogen-bond acceptors (Lipinski definition) is 4. The van der Waals surface area contributed by atoms with Crippen LogP contribution in [0.1, 0.15) is 53.8 Å². The first-order valence-electron chi connectivity index (χ1n) is 10.3. The van der Waals surface area contributed by atoms with Gasteiger partial charge in [0.1, 0.15) is 6.17 Å². The standard InChI is InChI=1S/C25H24N2O3/c1-3-16(2)17-8-11-19(12-9-17)27-24(18-10-13-22-23(14-18)30-15-29-22)26-21-7-5-4-6-20(21)25(27)28/h4-14,16,24,26H,3,15H2,1-2H3/t16-,24-/m0/s1. The van der Waals surface area contributed by atoms with Gasteiger partial charge >= 0.3 is 0 Å². The first kappa shape index (κ1) is 18.6. The molecule has 2 aliphatic rings. The van der Waals surface area contributed by atoms with Crippen LogP contribution in [0.15, 0.2) is 66.7 Å². The van der Waals surface area contributed by atoms with Crippen molar-refractivity contribution in [3.63, 3.8) is 0 Å². The average Bonchev–Trinajstić information content (AvgIpc) is 3.26. The van der Waals surface area contributed by atoms with Crippen LogP contribution in [0.3, 0.4) is 0 Å². The summed E-state index contributed by atoms with van der Waals surface area (Å²) in [4.78, 5) is 15.4. The van der Waals surface area contributed by atoms with E-state index in [1.165, 1.54) is 5.56 Å². The Morgan fingerprint density at radius 3 is 2.60 bits per heavy atom. The maximum absolute atomic E-state index is 13.5. The first-order valence-corrected chi connectivity index (χ1v) is 10.3. The molecule has 30 heavy (non-hydrogen) atoms. The van der Waals surface area contributed by atoms with Gasteiger partial charge < -0.3 is 14.8 Å². The van der Waals surface area contributed by atoms with Gasteiger partial charge in [-0.3, -0.25) is 9.69 Å². The van der Waals surface area contributed by atoms with Crippen molar-refractivity contribution in [3.05, 3.63) is 83.4 Å². The van der Waals surface area contributed by atoms with Gasteiger partial charge in [-0.15, -0.1) is 0 Å². The van der Waals surface area contributed by atoms with Gasteiger partial charge in [0.15, 0.2) is 11.5 Å². The minimum atomic E-state index is -0.351. The lowest BCUT2D eigenvalue weighted by molar-refractivity contribution is 0.0975. The largest absolute Gasteiger partial charge is 0.454 e. The summed E-state index contributed by atoms with van der Waals surface area (Å²) in [5.41, 5.74) is 4.57. The molecule has 3 aromatic carbocycles. The molecule has 152 valence electrons. The van der Waals surface area contributed by atoms with Crippen molar-refractivity contribution in [3.8, 4) is 11.5 Å². The van der Waals surface area contributed by atoms with E-state index in [0.717, 1.165) is 29.1 Å². The predicted octanol–water partition coefficient (Wildman–Crippen LogP) is 5.70. The summed E-state index contributed by atoms with van der Waals surface area (Å²) >= 11 is 0. The van der Waals surface area contributed by atoms with E-state index in [9.17, 15) is 4.79 Å². The Hall–Kier alpha value is -3.47. The molecule has 0 unspecified atom stereocenters. The Balaban J connectivity index is 1.59.